The molecule has 0 radical (unpaired) electrons. The molecule has 0 aliphatic heterocycles. The molecule has 0 saturated carbocycles. The summed E-state index contributed by atoms with van der Waals surface area (Å²) in [5.41, 5.74) is -0.385. The lowest BCUT2D eigenvalue weighted by Crippen LogP contribution is -2.13. The zero-order valence-electron chi connectivity index (χ0n) is 12.8. The molecule has 4 nitrogen and oxygen atoms in total. The van der Waals surface area contributed by atoms with Gasteiger partial charge in [-0.3, -0.25) is 0 Å². The molecule has 1 aromatic carbocycles. The third-order valence-corrected chi connectivity index (χ3v) is 3.06. The molecule has 2 N–H and O–H groups in total. The summed E-state index contributed by atoms with van der Waals surface area (Å²) in [5, 5.41) is 5.72. The fourth-order valence-corrected chi connectivity index (χ4v) is 2.15. The number of nitrogens with one attached hydrogen (secondary N) is 2. The first kappa shape index (κ1) is 17.3. The van der Waals surface area contributed by atoms with Crippen LogP contribution in [-0.4, -0.2) is 16.0 Å². The van der Waals surface area contributed by atoms with Crippen molar-refractivity contribution in [2.75, 3.05) is 10.6 Å². The molecule has 1 aromatic heterocycles. The van der Waals surface area contributed by atoms with Crippen LogP contribution in [0.3, 0.4) is 0 Å². The van der Waals surface area contributed by atoms with Gasteiger partial charge in [-0.25, -0.2) is 4.98 Å². The summed E-state index contributed by atoms with van der Waals surface area (Å²) < 4.78 is 39.3. The minimum atomic E-state index is -4.53. The summed E-state index contributed by atoms with van der Waals surface area (Å²) in [5.74, 6) is 0.624. The topological polar surface area (TPSA) is 49.8 Å². The Balaban J connectivity index is 2.38. The number of anilines is 3. The normalized spacial score (nSPS) is 11.7. The van der Waals surface area contributed by atoms with E-state index in [2.05, 4.69) is 20.6 Å². The lowest BCUT2D eigenvalue weighted by atomic mass is 10.1. The molecule has 2 rings (SSSR count). The number of benzene rings is 1. The highest BCUT2D eigenvalue weighted by Gasteiger charge is 2.34. The average Bonchev–Trinajstić information content (AvgIpc) is 2.38. The maximum absolute atomic E-state index is 13.1. The largest absolute Gasteiger partial charge is 0.418 e. The van der Waals surface area contributed by atoms with E-state index < -0.39 is 11.7 Å². The molecule has 23 heavy (non-hydrogen) atoms. The molecule has 0 bridgehead atoms. The van der Waals surface area contributed by atoms with Crippen LogP contribution in [0, 0.1) is 6.92 Å². The lowest BCUT2D eigenvalue weighted by molar-refractivity contribution is -0.136. The van der Waals surface area contributed by atoms with Crippen LogP contribution in [0.25, 0.3) is 0 Å². The smallest absolute Gasteiger partial charge is 0.368 e. The van der Waals surface area contributed by atoms with E-state index in [9.17, 15) is 13.2 Å². The SMILES string of the molecule is Cc1cc(NC(C)C)nc(Nc2ccc(Cl)cc2C(F)(F)F)n1. The number of nitrogens with zero attached hydrogens (tertiary/aromatic N) is 2. The predicted molar refractivity (Wildman–Crippen MR) is 85.3 cm³/mol. The third kappa shape index (κ3) is 4.72. The second-order valence-corrected chi connectivity index (χ2v) is 5.77. The van der Waals surface area contributed by atoms with Crippen molar-refractivity contribution in [2.24, 2.45) is 0 Å². The van der Waals surface area contributed by atoms with E-state index in [1.165, 1.54) is 12.1 Å². The Bertz CT molecular complexity index is 702. The summed E-state index contributed by atoms with van der Waals surface area (Å²) in [4.78, 5) is 8.30. The maximum atomic E-state index is 13.1. The first-order valence-electron chi connectivity index (χ1n) is 6.91. The van der Waals surface area contributed by atoms with E-state index in [-0.39, 0.29) is 22.7 Å². The molecule has 124 valence electrons. The van der Waals surface area contributed by atoms with Crippen LogP contribution in [-0.2, 0) is 6.18 Å². The van der Waals surface area contributed by atoms with Gasteiger partial charge in [0.1, 0.15) is 5.82 Å². The van der Waals surface area contributed by atoms with E-state index in [0.29, 0.717) is 11.5 Å². The van der Waals surface area contributed by atoms with Crippen molar-refractivity contribution in [3.05, 3.63) is 40.5 Å². The van der Waals surface area contributed by atoms with Crippen molar-refractivity contribution in [1.29, 1.82) is 0 Å². The van der Waals surface area contributed by atoms with Gasteiger partial charge in [-0.1, -0.05) is 11.6 Å². The number of hydrogen-bond donors (Lipinski definition) is 2. The summed E-state index contributed by atoms with van der Waals surface area (Å²) >= 11 is 5.66. The summed E-state index contributed by atoms with van der Waals surface area (Å²) in [6.07, 6.45) is -4.53. The monoisotopic (exact) mass is 344 g/mol. The standard InChI is InChI=1S/C15H16ClF3N4/c1-8(2)20-13-6-9(3)21-14(23-13)22-12-5-4-10(16)7-11(12)15(17,18)19/h4-8H,1-3H3,(H2,20,21,22,23). The Morgan fingerprint density at radius 2 is 1.83 bits per heavy atom. The lowest BCUT2D eigenvalue weighted by Gasteiger charge is -2.15. The van der Waals surface area contributed by atoms with Gasteiger partial charge in [0.05, 0.1) is 11.3 Å². The molecule has 0 fully saturated rings. The van der Waals surface area contributed by atoms with E-state index in [4.69, 9.17) is 11.6 Å². The van der Waals surface area contributed by atoms with Gasteiger partial charge in [-0.2, -0.15) is 18.2 Å². The van der Waals surface area contributed by atoms with Crippen molar-refractivity contribution in [1.82, 2.24) is 9.97 Å². The Kier molecular flexibility index (Phi) is 4.99. The van der Waals surface area contributed by atoms with E-state index in [0.717, 1.165) is 6.07 Å². The van der Waals surface area contributed by atoms with Crippen LogP contribution < -0.4 is 10.6 Å². The Labute approximate surface area is 137 Å². The molecule has 0 unspecified atom stereocenters. The molecule has 1 heterocycles. The summed E-state index contributed by atoms with van der Waals surface area (Å²) in [6, 6.07) is 5.36. The zero-order valence-corrected chi connectivity index (χ0v) is 13.5. The second-order valence-electron chi connectivity index (χ2n) is 5.33. The van der Waals surface area contributed by atoms with Crippen LogP contribution in [0.1, 0.15) is 25.1 Å². The second kappa shape index (κ2) is 6.62. The molecule has 0 amide bonds. The van der Waals surface area contributed by atoms with Crippen molar-refractivity contribution in [3.63, 3.8) is 0 Å². The maximum Gasteiger partial charge on any atom is 0.418 e. The minimum absolute atomic E-state index is 0.00944. The van der Waals surface area contributed by atoms with Crippen molar-refractivity contribution in [3.8, 4) is 0 Å². The van der Waals surface area contributed by atoms with Crippen molar-refractivity contribution < 1.29 is 13.2 Å². The van der Waals surface area contributed by atoms with E-state index in [1.807, 2.05) is 13.8 Å². The highest BCUT2D eigenvalue weighted by Crippen LogP contribution is 2.37. The van der Waals surface area contributed by atoms with Gasteiger partial charge in [0.15, 0.2) is 0 Å². The minimum Gasteiger partial charge on any atom is -0.368 e. The van der Waals surface area contributed by atoms with Gasteiger partial charge in [-0.15, -0.1) is 0 Å². The summed E-state index contributed by atoms with van der Waals surface area (Å²) in [7, 11) is 0. The molecular formula is C15H16ClF3N4. The Hall–Kier alpha value is -2.02. The number of aryl methyl sites for hydroxylation is 1. The number of aromatic nitrogens is 2. The van der Waals surface area contributed by atoms with Crippen molar-refractivity contribution >= 4 is 29.1 Å². The number of halogens is 4. The van der Waals surface area contributed by atoms with Gasteiger partial charge < -0.3 is 10.6 Å². The predicted octanol–water partition coefficient (Wildman–Crippen LogP) is 5.02. The van der Waals surface area contributed by atoms with Gasteiger partial charge in [0.25, 0.3) is 0 Å². The highest BCUT2D eigenvalue weighted by atomic mass is 35.5. The molecule has 8 heteroatoms. The fourth-order valence-electron chi connectivity index (χ4n) is 1.97. The molecule has 0 saturated heterocycles. The third-order valence-electron chi connectivity index (χ3n) is 2.82. The van der Waals surface area contributed by atoms with Gasteiger partial charge in [0, 0.05) is 22.8 Å². The quantitative estimate of drug-likeness (QED) is 0.817. The van der Waals surface area contributed by atoms with Gasteiger partial charge >= 0.3 is 6.18 Å². The zero-order chi connectivity index (χ0) is 17.2. The first-order chi connectivity index (χ1) is 10.6. The number of alkyl halides is 3. The first-order valence-corrected chi connectivity index (χ1v) is 7.29. The van der Waals surface area contributed by atoms with E-state index in [1.54, 1.807) is 13.0 Å². The van der Waals surface area contributed by atoms with Crippen LogP contribution in [0.4, 0.5) is 30.6 Å². The Morgan fingerprint density at radius 1 is 1.13 bits per heavy atom. The van der Waals surface area contributed by atoms with Crippen LogP contribution in [0.2, 0.25) is 5.02 Å². The molecule has 0 spiro atoms. The van der Waals surface area contributed by atoms with Gasteiger partial charge in [-0.05, 0) is 39.0 Å². The summed E-state index contributed by atoms with van der Waals surface area (Å²) in [6.45, 7) is 5.61. The highest BCUT2D eigenvalue weighted by molar-refractivity contribution is 6.30. The van der Waals surface area contributed by atoms with Crippen LogP contribution in [0.15, 0.2) is 24.3 Å². The molecule has 0 aliphatic rings. The molecule has 0 atom stereocenters. The number of rotatable bonds is 4. The van der Waals surface area contributed by atoms with Crippen LogP contribution >= 0.6 is 11.6 Å². The Morgan fingerprint density at radius 3 is 2.43 bits per heavy atom. The van der Waals surface area contributed by atoms with Crippen molar-refractivity contribution in [2.45, 2.75) is 33.0 Å². The van der Waals surface area contributed by atoms with Gasteiger partial charge in [0.2, 0.25) is 5.95 Å². The van der Waals surface area contributed by atoms with Crippen LogP contribution in [0.5, 0.6) is 0 Å². The molecular weight excluding hydrogens is 329 g/mol. The van der Waals surface area contributed by atoms with E-state index >= 15 is 0 Å². The molecule has 2 aromatic rings. The average molecular weight is 345 g/mol. The number of hydrogen-bond acceptors (Lipinski definition) is 4. The molecule has 0 aliphatic carbocycles. The fraction of sp³-hybridized carbons (Fsp3) is 0.333.